The molecule has 7 heteroatoms. The van der Waals surface area contributed by atoms with E-state index in [-0.39, 0.29) is 11.7 Å². The second-order valence-corrected chi connectivity index (χ2v) is 8.05. The molecular formula is C20H16FN3OS2. The fourth-order valence-electron chi connectivity index (χ4n) is 2.75. The molecule has 0 bridgehead atoms. The van der Waals surface area contributed by atoms with Crippen LogP contribution in [0, 0.1) is 5.82 Å². The van der Waals surface area contributed by atoms with Crippen molar-refractivity contribution in [1.29, 1.82) is 0 Å². The van der Waals surface area contributed by atoms with Crippen molar-refractivity contribution >= 4 is 34.7 Å². The number of nitrogens with zero attached hydrogens (tertiary/aromatic N) is 3. The Hall–Kier alpha value is -2.51. The number of rotatable bonds is 5. The SMILES string of the molecule is O=C(CSc1nc(-c2ccc(F)cc2)cs1)N1CCC(c2ccccc2)=N1. The summed E-state index contributed by atoms with van der Waals surface area (Å²) in [6.07, 6.45) is 0.770. The largest absolute Gasteiger partial charge is 0.272 e. The maximum atomic E-state index is 13.0. The Kier molecular flexibility index (Phi) is 5.31. The highest BCUT2D eigenvalue weighted by molar-refractivity contribution is 8.01. The number of benzene rings is 2. The van der Waals surface area contributed by atoms with Gasteiger partial charge in [0.2, 0.25) is 0 Å². The molecule has 0 atom stereocenters. The minimum absolute atomic E-state index is 0.0236. The molecule has 2 heterocycles. The number of amides is 1. The number of thiazole rings is 1. The van der Waals surface area contributed by atoms with Crippen LogP contribution in [-0.2, 0) is 4.79 Å². The Balaban J connectivity index is 1.36. The van der Waals surface area contributed by atoms with E-state index in [1.807, 2.05) is 35.7 Å². The summed E-state index contributed by atoms with van der Waals surface area (Å²) in [5, 5.41) is 7.93. The molecule has 0 saturated heterocycles. The van der Waals surface area contributed by atoms with E-state index < -0.39 is 0 Å². The van der Waals surface area contributed by atoms with Gasteiger partial charge in [0.25, 0.3) is 5.91 Å². The number of hydrogen-bond acceptors (Lipinski definition) is 5. The third-order valence-electron chi connectivity index (χ3n) is 4.14. The highest BCUT2D eigenvalue weighted by Crippen LogP contribution is 2.29. The Bertz CT molecular complexity index is 970. The lowest BCUT2D eigenvalue weighted by Gasteiger charge is -2.10. The topological polar surface area (TPSA) is 45.6 Å². The number of halogens is 1. The molecule has 1 aliphatic heterocycles. The van der Waals surface area contributed by atoms with Crippen LogP contribution in [0.5, 0.6) is 0 Å². The summed E-state index contributed by atoms with van der Waals surface area (Å²) in [7, 11) is 0. The molecule has 1 amide bonds. The molecule has 1 aliphatic rings. The fraction of sp³-hybridized carbons (Fsp3) is 0.150. The van der Waals surface area contributed by atoms with Crippen molar-refractivity contribution in [3.63, 3.8) is 0 Å². The minimum Gasteiger partial charge on any atom is -0.272 e. The fourth-order valence-corrected chi connectivity index (χ4v) is 4.45. The average molecular weight is 398 g/mol. The van der Waals surface area contributed by atoms with Crippen LogP contribution in [0.15, 0.2) is 69.4 Å². The van der Waals surface area contributed by atoms with Crippen LogP contribution in [0.4, 0.5) is 4.39 Å². The van der Waals surface area contributed by atoms with Gasteiger partial charge < -0.3 is 0 Å². The molecule has 1 aromatic heterocycles. The maximum absolute atomic E-state index is 13.0. The van der Waals surface area contributed by atoms with Gasteiger partial charge in [-0.05, 0) is 29.8 Å². The highest BCUT2D eigenvalue weighted by Gasteiger charge is 2.21. The van der Waals surface area contributed by atoms with Gasteiger partial charge in [0.1, 0.15) is 5.82 Å². The Morgan fingerprint density at radius 1 is 1.11 bits per heavy atom. The summed E-state index contributed by atoms with van der Waals surface area (Å²) in [6.45, 7) is 0.613. The number of hydrogen-bond donors (Lipinski definition) is 0. The normalized spacial score (nSPS) is 13.7. The molecule has 0 N–H and O–H groups in total. The molecule has 0 spiro atoms. The van der Waals surface area contributed by atoms with Crippen LogP contribution in [0.2, 0.25) is 0 Å². The van der Waals surface area contributed by atoms with Gasteiger partial charge in [-0.25, -0.2) is 14.4 Å². The second kappa shape index (κ2) is 8.02. The van der Waals surface area contributed by atoms with E-state index in [2.05, 4.69) is 10.1 Å². The van der Waals surface area contributed by atoms with E-state index >= 15 is 0 Å². The van der Waals surface area contributed by atoms with Crippen molar-refractivity contribution in [2.24, 2.45) is 5.10 Å². The summed E-state index contributed by atoms with van der Waals surface area (Å²) < 4.78 is 13.8. The summed E-state index contributed by atoms with van der Waals surface area (Å²) in [6, 6.07) is 16.2. The van der Waals surface area contributed by atoms with Gasteiger partial charge in [0, 0.05) is 17.4 Å². The molecule has 4 rings (SSSR count). The van der Waals surface area contributed by atoms with Crippen molar-refractivity contribution < 1.29 is 9.18 Å². The molecule has 0 unspecified atom stereocenters. The Morgan fingerprint density at radius 2 is 1.89 bits per heavy atom. The molecule has 27 heavy (non-hydrogen) atoms. The van der Waals surface area contributed by atoms with Crippen molar-refractivity contribution in [2.75, 3.05) is 12.3 Å². The third-order valence-corrected chi connectivity index (χ3v) is 6.14. The number of hydrazone groups is 1. The number of carbonyl (C=O) groups is 1. The third kappa shape index (κ3) is 4.26. The van der Waals surface area contributed by atoms with Gasteiger partial charge >= 0.3 is 0 Å². The van der Waals surface area contributed by atoms with Gasteiger partial charge in [-0.15, -0.1) is 11.3 Å². The molecular weight excluding hydrogens is 381 g/mol. The maximum Gasteiger partial charge on any atom is 0.253 e. The molecule has 3 aromatic rings. The first kappa shape index (κ1) is 17.9. The first-order valence-corrected chi connectivity index (χ1v) is 10.3. The van der Waals surface area contributed by atoms with E-state index in [1.165, 1.54) is 35.2 Å². The Morgan fingerprint density at radius 3 is 2.67 bits per heavy atom. The van der Waals surface area contributed by atoms with Crippen molar-refractivity contribution in [3.05, 3.63) is 71.4 Å². The summed E-state index contributed by atoms with van der Waals surface area (Å²) in [5.74, 6) is 0.00163. The lowest BCUT2D eigenvalue weighted by molar-refractivity contribution is -0.127. The van der Waals surface area contributed by atoms with Gasteiger partial charge in [-0.3, -0.25) is 4.79 Å². The molecule has 0 saturated carbocycles. The number of aromatic nitrogens is 1. The monoisotopic (exact) mass is 397 g/mol. The number of carbonyl (C=O) groups excluding carboxylic acids is 1. The first-order chi connectivity index (χ1) is 13.2. The van der Waals surface area contributed by atoms with Crippen molar-refractivity contribution in [2.45, 2.75) is 10.8 Å². The first-order valence-electron chi connectivity index (χ1n) is 8.46. The summed E-state index contributed by atoms with van der Waals surface area (Å²) in [4.78, 5) is 17.0. The van der Waals surface area contributed by atoms with E-state index in [1.54, 1.807) is 17.1 Å². The Labute approximate surface area is 164 Å². The summed E-state index contributed by atoms with van der Waals surface area (Å²) >= 11 is 2.89. The zero-order valence-corrected chi connectivity index (χ0v) is 16.0. The van der Waals surface area contributed by atoms with Crippen LogP contribution >= 0.6 is 23.1 Å². The predicted molar refractivity (Wildman–Crippen MR) is 108 cm³/mol. The summed E-state index contributed by atoms with van der Waals surface area (Å²) in [5.41, 5.74) is 3.66. The highest BCUT2D eigenvalue weighted by atomic mass is 32.2. The molecule has 0 fully saturated rings. The zero-order chi connectivity index (χ0) is 18.6. The minimum atomic E-state index is -0.268. The van der Waals surface area contributed by atoms with Crippen LogP contribution in [-0.4, -0.2) is 33.9 Å². The molecule has 2 aromatic carbocycles. The van der Waals surface area contributed by atoms with Crippen molar-refractivity contribution in [1.82, 2.24) is 9.99 Å². The molecule has 4 nitrogen and oxygen atoms in total. The van der Waals surface area contributed by atoms with Crippen molar-refractivity contribution in [3.8, 4) is 11.3 Å². The van der Waals surface area contributed by atoms with E-state index in [0.717, 1.165) is 33.3 Å². The molecule has 0 radical (unpaired) electrons. The van der Waals surface area contributed by atoms with Crippen LogP contribution in [0.25, 0.3) is 11.3 Å². The predicted octanol–water partition coefficient (Wildman–Crippen LogP) is 4.68. The number of thioether (sulfide) groups is 1. The average Bonchev–Trinajstić information content (AvgIpc) is 3.37. The van der Waals surface area contributed by atoms with Crippen LogP contribution < -0.4 is 0 Å². The zero-order valence-electron chi connectivity index (χ0n) is 14.3. The smallest absolute Gasteiger partial charge is 0.253 e. The molecule has 0 aliphatic carbocycles. The van der Waals surface area contributed by atoms with Gasteiger partial charge in [0.05, 0.1) is 23.7 Å². The lowest BCUT2D eigenvalue weighted by atomic mass is 10.1. The van der Waals surface area contributed by atoms with E-state index in [9.17, 15) is 9.18 Å². The van der Waals surface area contributed by atoms with E-state index in [4.69, 9.17) is 0 Å². The molecule has 136 valence electrons. The van der Waals surface area contributed by atoms with E-state index in [0.29, 0.717) is 12.3 Å². The van der Waals surface area contributed by atoms with Crippen LogP contribution in [0.3, 0.4) is 0 Å². The van der Waals surface area contributed by atoms with Gasteiger partial charge in [-0.1, -0.05) is 42.1 Å². The lowest BCUT2D eigenvalue weighted by Crippen LogP contribution is -2.25. The van der Waals surface area contributed by atoms with Crippen LogP contribution in [0.1, 0.15) is 12.0 Å². The van der Waals surface area contributed by atoms with Gasteiger partial charge in [-0.2, -0.15) is 5.10 Å². The second-order valence-electron chi connectivity index (χ2n) is 5.97. The standard InChI is InChI=1S/C20H16FN3OS2/c21-16-8-6-15(7-9-16)18-12-26-20(22-18)27-13-19(25)24-11-10-17(23-24)14-4-2-1-3-5-14/h1-9,12H,10-11,13H2. The quantitative estimate of drug-likeness (QED) is 0.588. The van der Waals surface area contributed by atoms with Gasteiger partial charge in [0.15, 0.2) is 4.34 Å².